The summed E-state index contributed by atoms with van der Waals surface area (Å²) in [5.41, 5.74) is 1.88. The molecule has 2 aromatic rings. The van der Waals surface area contributed by atoms with Crippen molar-refractivity contribution in [3.05, 3.63) is 65.7 Å². The van der Waals surface area contributed by atoms with Gasteiger partial charge in [-0.25, -0.2) is 5.01 Å². The van der Waals surface area contributed by atoms with E-state index < -0.39 is 0 Å². The van der Waals surface area contributed by atoms with Crippen LogP contribution in [0.2, 0.25) is 0 Å². The van der Waals surface area contributed by atoms with E-state index in [4.69, 9.17) is 4.74 Å². The summed E-state index contributed by atoms with van der Waals surface area (Å²) in [6.45, 7) is 3.28. The molecule has 0 radical (unpaired) electrons. The molecule has 0 saturated heterocycles. The van der Waals surface area contributed by atoms with E-state index in [2.05, 4.69) is 10.4 Å². The molecule has 1 aliphatic heterocycles. The maximum absolute atomic E-state index is 12.0. The molecular weight excluding hydrogens is 350 g/mol. The van der Waals surface area contributed by atoms with E-state index >= 15 is 0 Å². The van der Waals surface area contributed by atoms with Crippen LogP contribution >= 0.6 is 11.8 Å². The number of hydrogen-bond acceptors (Lipinski definition) is 5. The number of rotatable bonds is 4. The van der Waals surface area contributed by atoms with Gasteiger partial charge >= 0.3 is 0 Å². The fourth-order valence-electron chi connectivity index (χ4n) is 2.52. The quantitative estimate of drug-likeness (QED) is 0.898. The van der Waals surface area contributed by atoms with Crippen LogP contribution in [0.1, 0.15) is 30.3 Å². The first-order valence-electron chi connectivity index (χ1n) is 8.13. The van der Waals surface area contributed by atoms with Crippen molar-refractivity contribution in [1.82, 2.24) is 10.3 Å². The first-order valence-corrected chi connectivity index (χ1v) is 9.01. The van der Waals surface area contributed by atoms with Crippen molar-refractivity contribution < 1.29 is 14.3 Å². The van der Waals surface area contributed by atoms with Crippen LogP contribution in [0.3, 0.4) is 0 Å². The maximum atomic E-state index is 12.0. The molecule has 0 fully saturated rings. The van der Waals surface area contributed by atoms with Gasteiger partial charge in [0.1, 0.15) is 17.7 Å². The van der Waals surface area contributed by atoms with E-state index in [0.29, 0.717) is 17.5 Å². The minimum atomic E-state index is -0.388. The minimum Gasteiger partial charge on any atom is -0.489 e. The Morgan fingerprint density at radius 3 is 2.50 bits per heavy atom. The largest absolute Gasteiger partial charge is 0.489 e. The molecule has 1 heterocycles. The molecule has 7 heteroatoms. The Balaban J connectivity index is 1.82. The first kappa shape index (κ1) is 18.0. The zero-order valence-electron chi connectivity index (χ0n) is 14.5. The van der Waals surface area contributed by atoms with Gasteiger partial charge in [0.05, 0.1) is 0 Å². The van der Waals surface area contributed by atoms with Gasteiger partial charge < -0.3 is 10.1 Å². The summed E-state index contributed by atoms with van der Waals surface area (Å²) in [6, 6.07) is 17.4. The third kappa shape index (κ3) is 4.23. The normalized spacial score (nSPS) is 16.2. The number of amidine groups is 1. The van der Waals surface area contributed by atoms with Crippen molar-refractivity contribution in [3.8, 4) is 5.75 Å². The second-order valence-corrected chi connectivity index (χ2v) is 6.80. The lowest BCUT2D eigenvalue weighted by molar-refractivity contribution is -0.129. The number of hydrazone groups is 1. The molecule has 0 bridgehead atoms. The van der Waals surface area contributed by atoms with Gasteiger partial charge in [0.15, 0.2) is 5.17 Å². The molecule has 2 amide bonds. The first-order chi connectivity index (χ1) is 12.5. The van der Waals surface area contributed by atoms with Gasteiger partial charge in [0.25, 0.3) is 0 Å². The molecule has 2 aromatic carbocycles. The van der Waals surface area contributed by atoms with Gasteiger partial charge in [0.2, 0.25) is 11.8 Å². The van der Waals surface area contributed by atoms with E-state index in [1.165, 1.54) is 30.6 Å². The number of para-hydroxylation sites is 1. The standard InChI is InChI=1S/C19H19N3O3S/c1-13(23)20-19-21-22(14(2)24)18(26-19)16-10-6-7-11-17(16)25-12-15-8-4-3-5-9-15/h3-11,18H,12H2,1-2H3,(H,20,21,23). The molecule has 6 nitrogen and oxygen atoms in total. The Morgan fingerprint density at radius 1 is 1.12 bits per heavy atom. The van der Waals surface area contributed by atoms with Gasteiger partial charge in [-0.1, -0.05) is 60.3 Å². The maximum Gasteiger partial charge on any atom is 0.241 e. The molecular formula is C19H19N3O3S. The zero-order valence-corrected chi connectivity index (χ0v) is 15.3. The fourth-order valence-corrected chi connectivity index (χ4v) is 3.68. The summed E-state index contributed by atoms with van der Waals surface area (Å²) >= 11 is 1.31. The van der Waals surface area contributed by atoms with Crippen molar-refractivity contribution in [3.63, 3.8) is 0 Å². The summed E-state index contributed by atoms with van der Waals surface area (Å²) < 4.78 is 5.99. The molecule has 1 atom stereocenters. The summed E-state index contributed by atoms with van der Waals surface area (Å²) in [5, 5.41) is 8.24. The highest BCUT2D eigenvalue weighted by Crippen LogP contribution is 2.42. The predicted octanol–water partition coefficient (Wildman–Crippen LogP) is 3.27. The number of carbonyl (C=O) groups excluding carboxylic acids is 2. The van der Waals surface area contributed by atoms with Crippen LogP contribution < -0.4 is 10.1 Å². The monoisotopic (exact) mass is 369 g/mol. The number of hydrogen-bond donors (Lipinski definition) is 1. The lowest BCUT2D eigenvalue weighted by Gasteiger charge is -2.21. The molecule has 26 heavy (non-hydrogen) atoms. The number of benzene rings is 2. The van der Waals surface area contributed by atoms with Crippen LogP contribution in [0.25, 0.3) is 0 Å². The molecule has 1 unspecified atom stereocenters. The van der Waals surface area contributed by atoms with Crippen LogP contribution in [0.4, 0.5) is 0 Å². The van der Waals surface area contributed by atoms with Crippen molar-refractivity contribution >= 4 is 28.7 Å². The lowest BCUT2D eigenvalue weighted by Crippen LogP contribution is -2.25. The number of thioether (sulfide) groups is 1. The molecule has 0 spiro atoms. The second kappa shape index (κ2) is 8.05. The van der Waals surface area contributed by atoms with Crippen LogP contribution in [0.5, 0.6) is 5.75 Å². The average Bonchev–Trinajstić information content (AvgIpc) is 3.04. The Kier molecular flexibility index (Phi) is 5.58. The molecule has 0 aliphatic carbocycles. The van der Waals surface area contributed by atoms with Gasteiger partial charge in [-0.05, 0) is 11.6 Å². The number of nitrogens with one attached hydrogen (secondary N) is 1. The summed E-state index contributed by atoms with van der Waals surface area (Å²) in [7, 11) is 0. The predicted molar refractivity (Wildman–Crippen MR) is 101 cm³/mol. The van der Waals surface area contributed by atoms with Crippen LogP contribution in [0.15, 0.2) is 59.7 Å². The number of carbonyl (C=O) groups is 2. The zero-order chi connectivity index (χ0) is 18.5. The van der Waals surface area contributed by atoms with Crippen molar-refractivity contribution in [2.75, 3.05) is 0 Å². The summed E-state index contributed by atoms with van der Waals surface area (Å²) in [5.74, 6) is 0.245. The Labute approximate surface area is 156 Å². The Hall–Kier alpha value is -2.80. The smallest absolute Gasteiger partial charge is 0.241 e. The SMILES string of the molecule is CC(=O)NC1=NN(C(C)=O)C(c2ccccc2OCc2ccccc2)S1. The van der Waals surface area contributed by atoms with E-state index in [1.807, 2.05) is 54.6 Å². The molecule has 0 saturated carbocycles. The van der Waals surface area contributed by atoms with Crippen LogP contribution in [-0.4, -0.2) is 22.0 Å². The lowest BCUT2D eigenvalue weighted by atomic mass is 10.2. The molecule has 0 aromatic heterocycles. The third-order valence-electron chi connectivity index (χ3n) is 3.67. The van der Waals surface area contributed by atoms with E-state index in [1.54, 1.807) is 0 Å². The summed E-state index contributed by atoms with van der Waals surface area (Å²) in [6.07, 6.45) is 0. The molecule has 134 valence electrons. The Bertz CT molecular complexity index is 839. The van der Waals surface area contributed by atoms with Crippen LogP contribution in [-0.2, 0) is 16.2 Å². The van der Waals surface area contributed by atoms with Crippen molar-refractivity contribution in [1.29, 1.82) is 0 Å². The molecule has 1 aliphatic rings. The highest BCUT2D eigenvalue weighted by molar-refractivity contribution is 8.14. The Morgan fingerprint density at radius 2 is 1.81 bits per heavy atom. The second-order valence-electron chi connectivity index (χ2n) is 5.73. The number of nitrogens with zero attached hydrogens (tertiary/aromatic N) is 2. The van der Waals surface area contributed by atoms with E-state index in [-0.39, 0.29) is 17.2 Å². The topological polar surface area (TPSA) is 71.0 Å². The van der Waals surface area contributed by atoms with E-state index in [9.17, 15) is 9.59 Å². The van der Waals surface area contributed by atoms with Crippen LogP contribution in [0, 0.1) is 0 Å². The van der Waals surface area contributed by atoms with E-state index in [0.717, 1.165) is 11.1 Å². The van der Waals surface area contributed by atoms with Gasteiger partial charge in [-0.2, -0.15) is 0 Å². The fraction of sp³-hybridized carbons (Fsp3) is 0.211. The highest BCUT2D eigenvalue weighted by atomic mass is 32.2. The average molecular weight is 369 g/mol. The molecule has 3 rings (SSSR count). The van der Waals surface area contributed by atoms with Crippen molar-refractivity contribution in [2.45, 2.75) is 25.8 Å². The van der Waals surface area contributed by atoms with Gasteiger partial charge in [-0.15, -0.1) is 5.10 Å². The minimum absolute atomic E-state index is 0.208. The van der Waals surface area contributed by atoms with Gasteiger partial charge in [-0.3, -0.25) is 9.59 Å². The number of amides is 2. The van der Waals surface area contributed by atoms with Crippen molar-refractivity contribution in [2.24, 2.45) is 5.10 Å². The van der Waals surface area contributed by atoms with Gasteiger partial charge in [0, 0.05) is 19.4 Å². The number of ether oxygens (including phenoxy) is 1. The summed E-state index contributed by atoms with van der Waals surface area (Å²) in [4.78, 5) is 23.3. The molecule has 1 N–H and O–H groups in total. The highest BCUT2D eigenvalue weighted by Gasteiger charge is 2.34. The third-order valence-corrected chi connectivity index (χ3v) is 4.76.